The molecule has 112 valence electrons. The molecule has 2 aromatic heterocycles. The number of nitrogen functional groups attached to an aromatic ring is 1. The summed E-state index contributed by atoms with van der Waals surface area (Å²) in [5, 5.41) is 9.84. The van der Waals surface area contributed by atoms with E-state index in [2.05, 4.69) is 14.3 Å². The molecule has 3 aromatic rings. The lowest BCUT2D eigenvalue weighted by molar-refractivity contribution is 0.475. The molecular weight excluding hydrogens is 320 g/mol. The van der Waals surface area contributed by atoms with E-state index < -0.39 is 0 Å². The number of halogens is 1. The van der Waals surface area contributed by atoms with Gasteiger partial charge in [-0.25, -0.2) is 4.98 Å². The molecule has 0 aliphatic carbocycles. The maximum absolute atomic E-state index is 9.58. The molecule has 0 amide bonds. The van der Waals surface area contributed by atoms with Gasteiger partial charge in [0.2, 0.25) is 0 Å². The number of rotatable bonds is 2. The van der Waals surface area contributed by atoms with Crippen molar-refractivity contribution < 1.29 is 5.11 Å². The van der Waals surface area contributed by atoms with E-state index >= 15 is 0 Å². The molecule has 5 nitrogen and oxygen atoms in total. The van der Waals surface area contributed by atoms with Crippen LogP contribution in [0.25, 0.3) is 22.5 Å². The Morgan fingerprint density at radius 1 is 1.23 bits per heavy atom. The van der Waals surface area contributed by atoms with Gasteiger partial charge in [0.15, 0.2) is 0 Å². The van der Waals surface area contributed by atoms with Gasteiger partial charge in [0.05, 0.1) is 22.6 Å². The first kappa shape index (κ1) is 14.7. The molecule has 0 radical (unpaired) electrons. The van der Waals surface area contributed by atoms with Crippen molar-refractivity contribution in [3.8, 4) is 28.3 Å². The van der Waals surface area contributed by atoms with Crippen molar-refractivity contribution in [2.45, 2.75) is 13.8 Å². The molecule has 3 N–H and O–H groups in total. The Morgan fingerprint density at radius 2 is 2.00 bits per heavy atom. The number of phenolic OH excluding ortho intramolecular Hbond substituents is 1. The van der Waals surface area contributed by atoms with Gasteiger partial charge in [-0.1, -0.05) is 11.6 Å². The van der Waals surface area contributed by atoms with Gasteiger partial charge < -0.3 is 10.8 Å². The smallest absolute Gasteiger partial charge is 0.142 e. The molecule has 3 rings (SSSR count). The van der Waals surface area contributed by atoms with E-state index in [1.165, 1.54) is 23.8 Å². The second kappa shape index (κ2) is 5.55. The summed E-state index contributed by atoms with van der Waals surface area (Å²) in [6.07, 6.45) is 1.50. The average molecular weight is 333 g/mol. The Hall–Kier alpha value is -2.18. The van der Waals surface area contributed by atoms with Crippen LogP contribution in [0.2, 0.25) is 5.02 Å². The van der Waals surface area contributed by atoms with Gasteiger partial charge in [0.1, 0.15) is 17.3 Å². The van der Waals surface area contributed by atoms with Gasteiger partial charge in [0, 0.05) is 16.0 Å². The van der Waals surface area contributed by atoms with Crippen molar-refractivity contribution in [2.24, 2.45) is 0 Å². The summed E-state index contributed by atoms with van der Waals surface area (Å²) in [5.74, 6) is 0.369. The number of nitrogens with zero attached hydrogens (tertiary/aromatic N) is 3. The number of hydrogen-bond donors (Lipinski definition) is 2. The number of aromatic nitrogens is 3. The zero-order valence-electron chi connectivity index (χ0n) is 12.0. The van der Waals surface area contributed by atoms with Gasteiger partial charge in [-0.05, 0) is 43.6 Å². The fourth-order valence-electron chi connectivity index (χ4n) is 2.26. The van der Waals surface area contributed by atoms with Crippen molar-refractivity contribution in [1.29, 1.82) is 0 Å². The van der Waals surface area contributed by atoms with Crippen LogP contribution in [0.5, 0.6) is 5.75 Å². The number of phenols is 1. The van der Waals surface area contributed by atoms with E-state index in [4.69, 9.17) is 17.3 Å². The molecule has 0 saturated carbocycles. The second-order valence-corrected chi connectivity index (χ2v) is 6.24. The second-order valence-electron chi connectivity index (χ2n) is 4.86. The van der Waals surface area contributed by atoms with Gasteiger partial charge in [0.25, 0.3) is 0 Å². The lowest BCUT2D eigenvalue weighted by atomic mass is 10.0. The molecular formula is C15H13ClN4OS. The number of aromatic hydroxyl groups is 1. The third-order valence-corrected chi connectivity index (χ3v) is 4.43. The summed E-state index contributed by atoms with van der Waals surface area (Å²) in [5.41, 5.74) is 9.71. The molecule has 1 aromatic carbocycles. The first-order chi connectivity index (χ1) is 10.5. The fourth-order valence-corrected chi connectivity index (χ4v) is 3.14. The van der Waals surface area contributed by atoms with E-state index in [1.54, 1.807) is 12.1 Å². The molecule has 0 spiro atoms. The Bertz CT molecular complexity index is 843. The van der Waals surface area contributed by atoms with Crippen molar-refractivity contribution >= 4 is 29.0 Å². The first-order valence-corrected chi connectivity index (χ1v) is 7.67. The lowest BCUT2D eigenvalue weighted by Gasteiger charge is -2.10. The highest BCUT2D eigenvalue weighted by Gasteiger charge is 2.18. The molecule has 7 heteroatoms. The van der Waals surface area contributed by atoms with Crippen LogP contribution in [0.15, 0.2) is 24.4 Å². The minimum atomic E-state index is 0.0277. The van der Waals surface area contributed by atoms with Crippen LogP contribution in [0.3, 0.4) is 0 Å². The molecule has 2 heterocycles. The van der Waals surface area contributed by atoms with Crippen molar-refractivity contribution in [1.82, 2.24) is 14.3 Å². The quantitative estimate of drug-likeness (QED) is 0.745. The highest BCUT2D eigenvalue weighted by molar-refractivity contribution is 7.06. The Kier molecular flexibility index (Phi) is 3.72. The summed E-state index contributed by atoms with van der Waals surface area (Å²) in [6, 6.07) is 4.94. The number of anilines is 1. The van der Waals surface area contributed by atoms with E-state index in [9.17, 15) is 5.11 Å². The van der Waals surface area contributed by atoms with Crippen LogP contribution < -0.4 is 5.73 Å². The molecule has 0 aliphatic heterocycles. The summed E-state index contributed by atoms with van der Waals surface area (Å²) in [4.78, 5) is 9.89. The van der Waals surface area contributed by atoms with Crippen molar-refractivity contribution in [3.05, 3.63) is 40.0 Å². The number of nitrogens with two attached hydrogens (primary N) is 1. The lowest BCUT2D eigenvalue weighted by Crippen LogP contribution is -1.99. The molecule has 0 bridgehead atoms. The minimum absolute atomic E-state index is 0.0277. The van der Waals surface area contributed by atoms with E-state index in [0.717, 1.165) is 21.7 Å². The van der Waals surface area contributed by atoms with Crippen LogP contribution >= 0.6 is 23.1 Å². The average Bonchev–Trinajstić information content (AvgIpc) is 2.81. The predicted molar refractivity (Wildman–Crippen MR) is 89.1 cm³/mol. The zero-order chi connectivity index (χ0) is 15.9. The standard InChI is InChI=1S/C15H13ClN4OS/c1-7-13(8(2)22-20-7)15-14(18-6-12(17)19-15)9-3-4-11(21)10(16)5-9/h3-6,21H,1-2H3,(H2,17,19). The molecule has 22 heavy (non-hydrogen) atoms. The molecule has 0 atom stereocenters. The third kappa shape index (κ3) is 2.51. The van der Waals surface area contributed by atoms with Crippen molar-refractivity contribution in [2.75, 3.05) is 5.73 Å². The van der Waals surface area contributed by atoms with Gasteiger partial charge in [-0.3, -0.25) is 4.98 Å². The van der Waals surface area contributed by atoms with Crippen LogP contribution in [-0.4, -0.2) is 19.4 Å². The largest absolute Gasteiger partial charge is 0.506 e. The number of benzene rings is 1. The maximum Gasteiger partial charge on any atom is 0.142 e. The van der Waals surface area contributed by atoms with Crippen molar-refractivity contribution in [3.63, 3.8) is 0 Å². The molecule has 0 fully saturated rings. The highest BCUT2D eigenvalue weighted by atomic mass is 35.5. The Morgan fingerprint density at radius 3 is 2.64 bits per heavy atom. The van der Waals surface area contributed by atoms with E-state index in [1.807, 2.05) is 13.8 Å². The summed E-state index contributed by atoms with van der Waals surface area (Å²) in [6.45, 7) is 3.91. The third-order valence-electron chi connectivity index (χ3n) is 3.28. The highest BCUT2D eigenvalue weighted by Crippen LogP contribution is 2.37. The Labute approximate surface area is 136 Å². The zero-order valence-corrected chi connectivity index (χ0v) is 13.5. The SMILES string of the molecule is Cc1nsc(C)c1-c1nc(N)cnc1-c1ccc(O)c(Cl)c1. The molecule has 0 saturated heterocycles. The van der Waals surface area contributed by atoms with Crippen LogP contribution in [0.1, 0.15) is 10.6 Å². The molecule has 0 aliphatic rings. The van der Waals surface area contributed by atoms with E-state index in [-0.39, 0.29) is 10.8 Å². The van der Waals surface area contributed by atoms with Gasteiger partial charge in [-0.2, -0.15) is 4.37 Å². The number of aryl methyl sites for hydroxylation is 2. The number of hydrogen-bond acceptors (Lipinski definition) is 6. The Balaban J connectivity index is 2.27. The normalized spacial score (nSPS) is 10.9. The molecule has 0 unspecified atom stereocenters. The van der Waals surface area contributed by atoms with Crippen LogP contribution in [0, 0.1) is 13.8 Å². The van der Waals surface area contributed by atoms with Crippen LogP contribution in [0.4, 0.5) is 5.82 Å². The maximum atomic E-state index is 9.58. The monoisotopic (exact) mass is 332 g/mol. The summed E-state index contributed by atoms with van der Waals surface area (Å²) in [7, 11) is 0. The van der Waals surface area contributed by atoms with Crippen LogP contribution in [-0.2, 0) is 0 Å². The predicted octanol–water partition coefficient (Wildman–Crippen LogP) is 3.83. The first-order valence-electron chi connectivity index (χ1n) is 6.52. The van der Waals surface area contributed by atoms with E-state index in [0.29, 0.717) is 17.2 Å². The summed E-state index contributed by atoms with van der Waals surface area (Å²) >= 11 is 7.42. The minimum Gasteiger partial charge on any atom is -0.506 e. The van der Waals surface area contributed by atoms with Gasteiger partial charge in [-0.15, -0.1) is 0 Å². The van der Waals surface area contributed by atoms with Gasteiger partial charge >= 0.3 is 0 Å². The fraction of sp³-hybridized carbons (Fsp3) is 0.133. The topological polar surface area (TPSA) is 84.9 Å². The summed E-state index contributed by atoms with van der Waals surface area (Å²) < 4.78 is 4.36.